The van der Waals surface area contributed by atoms with Gasteiger partial charge in [-0.05, 0) is 11.5 Å². The van der Waals surface area contributed by atoms with Crippen molar-refractivity contribution in [1.82, 2.24) is 0 Å². The minimum absolute atomic E-state index is 0.0336. The molecule has 2 radical (unpaired) electrons. The van der Waals surface area contributed by atoms with Gasteiger partial charge in [0.1, 0.15) is 0 Å². The third kappa shape index (κ3) is 13.1. The predicted molar refractivity (Wildman–Crippen MR) is 79.2 cm³/mol. The van der Waals surface area contributed by atoms with Gasteiger partial charge in [0.25, 0.3) is 0 Å². The quantitative estimate of drug-likeness (QED) is 0.457. The molecule has 0 atom stereocenters. The molecule has 0 aromatic carbocycles. The molecule has 0 heterocycles. The topological polar surface area (TPSA) is 0 Å². The summed E-state index contributed by atoms with van der Waals surface area (Å²) in [7, 11) is 0.0673. The van der Waals surface area contributed by atoms with Crippen molar-refractivity contribution in [2.24, 2.45) is 0 Å². The van der Waals surface area contributed by atoms with Crippen LogP contribution in [0.2, 0.25) is 38.3 Å². The number of hydrogen-bond acceptors (Lipinski definition) is 2. The third-order valence-electron chi connectivity index (χ3n) is 1.86. The molecule has 4 heteroatoms. The Morgan fingerprint density at radius 3 is 1.29 bits per heavy atom. The largest absolute Gasteiger partial charge is 0.161 e. The molecule has 0 aromatic rings. The summed E-state index contributed by atoms with van der Waals surface area (Å²) in [5, 5.41) is 0. The molecule has 0 saturated heterocycles. The molecule has 0 unspecified atom stereocenters. The van der Waals surface area contributed by atoms with Crippen molar-refractivity contribution >= 4 is 41.1 Å². The van der Waals surface area contributed by atoms with Crippen molar-refractivity contribution < 1.29 is 0 Å². The van der Waals surface area contributed by atoms with Crippen LogP contribution in [0.1, 0.15) is 0 Å². The van der Waals surface area contributed by atoms with Crippen LogP contribution < -0.4 is 0 Å². The Morgan fingerprint density at radius 2 is 1.00 bits per heavy atom. The normalized spacial score (nSPS) is 11.6. The lowest BCUT2D eigenvalue weighted by molar-refractivity contribution is 1.40. The van der Waals surface area contributed by atoms with Crippen molar-refractivity contribution in [2.45, 2.75) is 38.3 Å². The van der Waals surface area contributed by atoms with E-state index in [4.69, 9.17) is 0 Å². The van der Waals surface area contributed by atoms with E-state index < -0.39 is 0 Å². The molecule has 0 fully saturated rings. The zero-order valence-corrected chi connectivity index (χ0v) is 13.7. The first-order valence-electron chi connectivity index (χ1n) is 5.36. The monoisotopic (exact) mass is 264 g/mol. The Hall–Kier alpha value is 1.13. The van der Waals surface area contributed by atoms with Gasteiger partial charge in [0, 0.05) is 29.1 Å². The Morgan fingerprint density at radius 1 is 0.643 bits per heavy atom. The third-order valence-corrected chi connectivity index (χ3v) is 7.32. The molecule has 0 N–H and O–H groups in total. The maximum Gasteiger partial charge on any atom is 0.0421 e. The summed E-state index contributed by atoms with van der Waals surface area (Å²) in [6, 6.07) is 2.97. The van der Waals surface area contributed by atoms with Gasteiger partial charge in [-0.2, -0.15) is 23.5 Å². The fourth-order valence-electron chi connectivity index (χ4n) is 0.875. The van der Waals surface area contributed by atoms with Crippen LogP contribution >= 0.6 is 23.5 Å². The zero-order valence-electron chi connectivity index (χ0n) is 10.1. The van der Waals surface area contributed by atoms with Crippen LogP contribution in [-0.2, 0) is 0 Å². The summed E-state index contributed by atoms with van der Waals surface area (Å²) in [6.45, 7) is 9.63. The van der Waals surface area contributed by atoms with Gasteiger partial charge in [-0.1, -0.05) is 38.3 Å². The van der Waals surface area contributed by atoms with E-state index in [1.807, 2.05) is 0 Å². The smallest absolute Gasteiger partial charge is 0.0421 e. The second-order valence-corrected chi connectivity index (χ2v) is 12.4. The van der Waals surface area contributed by atoms with Gasteiger partial charge >= 0.3 is 0 Å². The Kier molecular flexibility index (Phi) is 11.5. The lowest BCUT2D eigenvalue weighted by atomic mass is 10.9. The summed E-state index contributed by atoms with van der Waals surface area (Å²) in [5.41, 5.74) is 0. The van der Waals surface area contributed by atoms with Crippen LogP contribution in [0.3, 0.4) is 0 Å². The highest BCUT2D eigenvalue weighted by atomic mass is 32.2. The molecular formula is C10H24S2Si2. The average molecular weight is 265 g/mol. The minimum atomic E-state index is 0.0336. The molecule has 0 aliphatic carbocycles. The molecule has 0 nitrogen and oxygen atoms in total. The fourth-order valence-corrected chi connectivity index (χ4v) is 6.65. The van der Waals surface area contributed by atoms with Gasteiger partial charge in [0.15, 0.2) is 0 Å². The molecule has 0 aromatic heterocycles. The second-order valence-electron chi connectivity index (χ2n) is 4.14. The van der Waals surface area contributed by atoms with Crippen molar-refractivity contribution in [3.05, 3.63) is 0 Å². The molecule has 0 bridgehead atoms. The molecule has 0 amide bonds. The molecule has 0 aliphatic rings. The second kappa shape index (κ2) is 10.6. The van der Waals surface area contributed by atoms with Crippen LogP contribution in [-0.4, -0.2) is 40.6 Å². The first-order valence-corrected chi connectivity index (χ1v) is 13.1. The van der Waals surface area contributed by atoms with Crippen molar-refractivity contribution in [1.29, 1.82) is 0 Å². The Labute approximate surface area is 102 Å². The van der Waals surface area contributed by atoms with Gasteiger partial charge in [0.2, 0.25) is 0 Å². The summed E-state index contributed by atoms with van der Waals surface area (Å²) < 4.78 is 0. The van der Waals surface area contributed by atoms with Gasteiger partial charge in [-0.3, -0.25) is 0 Å². The van der Waals surface area contributed by atoms with E-state index in [-0.39, 0.29) is 17.6 Å². The number of rotatable bonds is 9. The van der Waals surface area contributed by atoms with Crippen LogP contribution in [0, 0.1) is 0 Å². The van der Waals surface area contributed by atoms with Gasteiger partial charge in [0.05, 0.1) is 0 Å². The maximum atomic E-state index is 2.41. The van der Waals surface area contributed by atoms with E-state index in [1.165, 1.54) is 35.1 Å². The van der Waals surface area contributed by atoms with Crippen LogP contribution in [0.15, 0.2) is 0 Å². The first-order chi connectivity index (χ1) is 6.63. The molecule has 0 saturated carbocycles. The highest BCUT2D eigenvalue weighted by Gasteiger charge is 1.97. The standard InChI is InChI=1S/C10H24S2Si2/c1-13(2)9-7-11-5-6-12-8-10-14(3)4/h5-10H2,1-4H3. The Bertz CT molecular complexity index is 105. The first kappa shape index (κ1) is 15.1. The van der Waals surface area contributed by atoms with E-state index in [0.717, 1.165) is 0 Å². The van der Waals surface area contributed by atoms with E-state index in [9.17, 15) is 0 Å². The van der Waals surface area contributed by atoms with E-state index in [1.54, 1.807) is 0 Å². The van der Waals surface area contributed by atoms with E-state index >= 15 is 0 Å². The van der Waals surface area contributed by atoms with Crippen molar-refractivity contribution in [3.63, 3.8) is 0 Å². The lowest BCUT2D eigenvalue weighted by Crippen LogP contribution is -2.02. The molecule has 14 heavy (non-hydrogen) atoms. The van der Waals surface area contributed by atoms with Crippen LogP contribution in [0.4, 0.5) is 0 Å². The maximum absolute atomic E-state index is 2.41. The van der Waals surface area contributed by atoms with Crippen molar-refractivity contribution in [3.8, 4) is 0 Å². The molecule has 84 valence electrons. The summed E-state index contributed by atoms with van der Waals surface area (Å²) in [5.74, 6) is 5.54. The van der Waals surface area contributed by atoms with E-state index in [2.05, 4.69) is 49.7 Å². The molecule has 0 aliphatic heterocycles. The number of thioether (sulfide) groups is 2. The van der Waals surface area contributed by atoms with Gasteiger partial charge < -0.3 is 0 Å². The van der Waals surface area contributed by atoms with Crippen LogP contribution in [0.25, 0.3) is 0 Å². The minimum Gasteiger partial charge on any atom is -0.161 e. The number of hydrogen-bond donors (Lipinski definition) is 0. The highest BCUT2D eigenvalue weighted by molar-refractivity contribution is 8.03. The molecule has 0 rings (SSSR count). The lowest BCUT2D eigenvalue weighted by Gasteiger charge is -2.04. The van der Waals surface area contributed by atoms with E-state index in [0.29, 0.717) is 0 Å². The van der Waals surface area contributed by atoms with Gasteiger partial charge in [-0.15, -0.1) is 0 Å². The summed E-state index contributed by atoms with van der Waals surface area (Å²) >= 11 is 4.31. The fraction of sp³-hybridized carbons (Fsp3) is 1.00. The van der Waals surface area contributed by atoms with Gasteiger partial charge in [-0.25, -0.2) is 0 Å². The summed E-state index contributed by atoms with van der Waals surface area (Å²) in [4.78, 5) is 0. The Balaban J connectivity index is 2.92. The molecule has 0 spiro atoms. The summed E-state index contributed by atoms with van der Waals surface area (Å²) in [6.07, 6.45) is 0. The van der Waals surface area contributed by atoms with Crippen molar-refractivity contribution in [2.75, 3.05) is 23.0 Å². The highest BCUT2D eigenvalue weighted by Crippen LogP contribution is 2.11. The van der Waals surface area contributed by atoms with Crippen LogP contribution in [0.5, 0.6) is 0 Å². The average Bonchev–Trinajstić information content (AvgIpc) is 2.08. The zero-order chi connectivity index (χ0) is 10.8. The molecular weight excluding hydrogens is 240 g/mol. The SMILES string of the molecule is C[Si](C)CCSCCSCC[Si](C)C. The predicted octanol–water partition coefficient (Wildman–Crippen LogP) is 3.96.